The molecule has 0 fully saturated rings. The number of hydrogen-bond donors (Lipinski definition) is 2. The van der Waals surface area contributed by atoms with E-state index in [4.69, 9.17) is 0 Å². The van der Waals surface area contributed by atoms with Crippen LogP contribution in [0.4, 0.5) is 5.82 Å². The molecule has 1 rings (SSSR count). The molecule has 1 atom stereocenters. The molecule has 0 aliphatic rings. The van der Waals surface area contributed by atoms with E-state index in [9.17, 15) is 9.00 Å². The van der Waals surface area contributed by atoms with Crippen LogP contribution >= 0.6 is 0 Å². The first-order valence-electron chi connectivity index (χ1n) is 4.76. The molecule has 2 N–H and O–H groups in total. The van der Waals surface area contributed by atoms with Gasteiger partial charge in [0.05, 0.1) is 0 Å². The number of nitrogens with zero attached hydrogens (tertiary/aromatic N) is 1. The van der Waals surface area contributed by atoms with Crippen LogP contribution < -0.4 is 10.9 Å². The molecule has 0 aromatic carbocycles. The molecule has 5 nitrogen and oxygen atoms in total. The minimum Gasteiger partial charge on any atom is -0.369 e. The zero-order chi connectivity index (χ0) is 11.3. The first-order valence-corrected chi connectivity index (χ1v) is 6.48. The number of aryl methyl sites for hydroxylation is 1. The summed E-state index contributed by atoms with van der Waals surface area (Å²) in [6, 6.07) is 1.40. The third-order valence-corrected chi connectivity index (χ3v) is 2.60. The molecule has 0 aliphatic carbocycles. The predicted molar refractivity (Wildman–Crippen MR) is 61.7 cm³/mol. The molecule has 6 heteroatoms. The van der Waals surface area contributed by atoms with Crippen LogP contribution in [0.25, 0.3) is 0 Å². The van der Waals surface area contributed by atoms with Crippen molar-refractivity contribution in [1.29, 1.82) is 0 Å². The van der Waals surface area contributed by atoms with E-state index in [1.54, 1.807) is 6.26 Å². The standard InChI is InChI=1S/C9H15N3O2S/c1-3-7-11-8(6-9(13)12-7)10-4-5-15(2)14/h6H,3-5H2,1-2H3,(H2,10,11,12,13). The Bertz CT molecular complexity index is 403. The van der Waals surface area contributed by atoms with Crippen molar-refractivity contribution in [3.05, 3.63) is 22.2 Å². The monoisotopic (exact) mass is 229 g/mol. The van der Waals surface area contributed by atoms with Gasteiger partial charge in [-0.25, -0.2) is 4.98 Å². The lowest BCUT2D eigenvalue weighted by Gasteiger charge is -2.04. The third kappa shape index (κ3) is 4.24. The van der Waals surface area contributed by atoms with Crippen LogP contribution in [0.3, 0.4) is 0 Å². The van der Waals surface area contributed by atoms with Gasteiger partial charge >= 0.3 is 0 Å². The van der Waals surface area contributed by atoms with Gasteiger partial charge in [-0.1, -0.05) is 6.92 Å². The van der Waals surface area contributed by atoms with Crippen LogP contribution in [0, 0.1) is 0 Å². The fourth-order valence-corrected chi connectivity index (χ4v) is 1.48. The fourth-order valence-electron chi connectivity index (χ4n) is 1.09. The van der Waals surface area contributed by atoms with E-state index in [0.717, 1.165) is 0 Å². The topological polar surface area (TPSA) is 74.8 Å². The predicted octanol–water partition coefficient (Wildman–Crippen LogP) is 0.123. The van der Waals surface area contributed by atoms with Crippen LogP contribution in [0.5, 0.6) is 0 Å². The van der Waals surface area contributed by atoms with Crippen LogP contribution in [0.15, 0.2) is 10.9 Å². The van der Waals surface area contributed by atoms with E-state index in [1.807, 2.05) is 6.92 Å². The lowest BCUT2D eigenvalue weighted by molar-refractivity contribution is 0.687. The molecular weight excluding hydrogens is 214 g/mol. The molecule has 0 radical (unpaired) electrons. The van der Waals surface area contributed by atoms with Crippen molar-refractivity contribution >= 4 is 16.6 Å². The Morgan fingerprint density at radius 2 is 2.33 bits per heavy atom. The van der Waals surface area contributed by atoms with Gasteiger partial charge in [0.25, 0.3) is 5.56 Å². The van der Waals surface area contributed by atoms with E-state index in [2.05, 4.69) is 15.3 Å². The van der Waals surface area contributed by atoms with Crippen molar-refractivity contribution in [2.75, 3.05) is 23.9 Å². The average molecular weight is 229 g/mol. The van der Waals surface area contributed by atoms with Gasteiger partial charge in [0, 0.05) is 41.8 Å². The van der Waals surface area contributed by atoms with Crippen molar-refractivity contribution < 1.29 is 4.21 Å². The number of H-pyrrole nitrogens is 1. The molecule has 0 bridgehead atoms. The normalized spacial score (nSPS) is 12.4. The van der Waals surface area contributed by atoms with Crippen LogP contribution in [-0.2, 0) is 17.2 Å². The van der Waals surface area contributed by atoms with E-state index >= 15 is 0 Å². The molecule has 15 heavy (non-hydrogen) atoms. The maximum absolute atomic E-state index is 11.2. The summed E-state index contributed by atoms with van der Waals surface area (Å²) in [7, 11) is -0.828. The van der Waals surface area contributed by atoms with Gasteiger partial charge in [0.2, 0.25) is 0 Å². The summed E-state index contributed by atoms with van der Waals surface area (Å²) in [5, 5.41) is 2.97. The number of aromatic amines is 1. The minimum atomic E-state index is -0.828. The summed E-state index contributed by atoms with van der Waals surface area (Å²) in [6.07, 6.45) is 2.33. The van der Waals surface area contributed by atoms with Crippen LogP contribution in [0.2, 0.25) is 0 Å². The summed E-state index contributed by atoms with van der Waals surface area (Å²) in [5.74, 6) is 1.75. The van der Waals surface area contributed by atoms with Crippen molar-refractivity contribution in [3.63, 3.8) is 0 Å². The number of hydrogen-bond acceptors (Lipinski definition) is 4. The lowest BCUT2D eigenvalue weighted by atomic mass is 10.4. The summed E-state index contributed by atoms with van der Waals surface area (Å²) in [4.78, 5) is 18.0. The number of aromatic nitrogens is 2. The summed E-state index contributed by atoms with van der Waals surface area (Å²) >= 11 is 0. The van der Waals surface area contributed by atoms with Crippen LogP contribution in [0.1, 0.15) is 12.7 Å². The lowest BCUT2D eigenvalue weighted by Crippen LogP contribution is -2.16. The Labute approximate surface area is 90.8 Å². The molecule has 1 heterocycles. The van der Waals surface area contributed by atoms with E-state index in [1.165, 1.54) is 6.07 Å². The summed E-state index contributed by atoms with van der Waals surface area (Å²) in [6.45, 7) is 2.48. The molecule has 0 saturated heterocycles. The largest absolute Gasteiger partial charge is 0.369 e. The molecule has 0 amide bonds. The van der Waals surface area contributed by atoms with Gasteiger partial charge in [-0.15, -0.1) is 0 Å². The average Bonchev–Trinajstić information content (AvgIpc) is 2.16. The Hall–Kier alpha value is -1.17. The fraction of sp³-hybridized carbons (Fsp3) is 0.556. The molecular formula is C9H15N3O2S. The van der Waals surface area contributed by atoms with E-state index < -0.39 is 10.8 Å². The van der Waals surface area contributed by atoms with Gasteiger partial charge in [-0.2, -0.15) is 0 Å². The van der Waals surface area contributed by atoms with Crippen molar-refractivity contribution in [1.82, 2.24) is 9.97 Å². The Morgan fingerprint density at radius 1 is 1.60 bits per heavy atom. The van der Waals surface area contributed by atoms with Gasteiger partial charge in [0.15, 0.2) is 0 Å². The molecule has 1 aromatic heterocycles. The molecule has 84 valence electrons. The second-order valence-electron chi connectivity index (χ2n) is 3.13. The number of nitrogens with one attached hydrogen (secondary N) is 2. The highest BCUT2D eigenvalue weighted by Crippen LogP contribution is 1.98. The summed E-state index contributed by atoms with van der Waals surface area (Å²) < 4.78 is 10.8. The summed E-state index contributed by atoms with van der Waals surface area (Å²) in [5.41, 5.74) is -0.165. The van der Waals surface area contributed by atoms with Crippen molar-refractivity contribution in [2.45, 2.75) is 13.3 Å². The molecule has 1 aromatic rings. The number of rotatable bonds is 5. The van der Waals surface area contributed by atoms with Crippen LogP contribution in [-0.4, -0.2) is 32.7 Å². The highest BCUT2D eigenvalue weighted by atomic mass is 32.2. The highest BCUT2D eigenvalue weighted by Gasteiger charge is 1.99. The van der Waals surface area contributed by atoms with Gasteiger partial charge in [-0.05, 0) is 0 Å². The molecule has 0 spiro atoms. The van der Waals surface area contributed by atoms with Gasteiger partial charge in [-0.3, -0.25) is 9.00 Å². The van der Waals surface area contributed by atoms with Gasteiger partial charge < -0.3 is 10.3 Å². The Morgan fingerprint density at radius 3 is 2.93 bits per heavy atom. The highest BCUT2D eigenvalue weighted by molar-refractivity contribution is 7.84. The third-order valence-electron chi connectivity index (χ3n) is 1.82. The zero-order valence-electron chi connectivity index (χ0n) is 8.87. The van der Waals surface area contributed by atoms with Gasteiger partial charge in [0.1, 0.15) is 11.6 Å². The van der Waals surface area contributed by atoms with E-state index in [0.29, 0.717) is 30.4 Å². The Balaban J connectivity index is 2.64. The van der Waals surface area contributed by atoms with Crippen molar-refractivity contribution in [3.8, 4) is 0 Å². The second kappa shape index (κ2) is 5.65. The molecule has 0 aliphatic heterocycles. The number of anilines is 1. The second-order valence-corrected chi connectivity index (χ2v) is 4.69. The quantitative estimate of drug-likeness (QED) is 0.752. The first-order chi connectivity index (χ1) is 7.11. The smallest absolute Gasteiger partial charge is 0.252 e. The SMILES string of the molecule is CCc1nc(NCCS(C)=O)cc(=O)[nH]1. The first kappa shape index (κ1) is 11.9. The van der Waals surface area contributed by atoms with E-state index in [-0.39, 0.29) is 5.56 Å². The maximum atomic E-state index is 11.2. The molecule has 0 saturated carbocycles. The zero-order valence-corrected chi connectivity index (χ0v) is 9.69. The maximum Gasteiger partial charge on any atom is 0.252 e. The minimum absolute atomic E-state index is 0.165. The molecule has 1 unspecified atom stereocenters. The van der Waals surface area contributed by atoms with Crippen molar-refractivity contribution in [2.24, 2.45) is 0 Å². The Kier molecular flexibility index (Phi) is 4.48.